The van der Waals surface area contributed by atoms with Crippen LogP contribution in [0.3, 0.4) is 0 Å². The SMILES string of the molecule is O=C(/C=C/c1ccccc1)OCC1CCC2C(=O)C3CCCCC3C(=O)C2C1O. The van der Waals surface area contributed by atoms with Crippen LogP contribution in [0.2, 0.25) is 0 Å². The molecule has 0 saturated heterocycles. The van der Waals surface area contributed by atoms with Crippen molar-refractivity contribution in [2.75, 3.05) is 6.61 Å². The number of aliphatic hydroxyl groups excluding tert-OH is 1. The lowest BCUT2D eigenvalue weighted by atomic mass is 9.56. The van der Waals surface area contributed by atoms with Gasteiger partial charge in [-0.1, -0.05) is 43.2 Å². The lowest BCUT2D eigenvalue weighted by Gasteiger charge is -2.47. The molecule has 3 aliphatic carbocycles. The standard InChI is InChI=1S/C24H28O5/c25-20(13-10-15-6-2-1-3-7-15)29-14-16-11-12-19-21(22(16)26)24(28)18-9-5-4-8-17(18)23(19)27/h1-3,6-7,10,13,16-19,21-22,26H,4-5,8-9,11-12,14H2/b13-10+. The minimum absolute atomic E-state index is 0.0619. The number of ether oxygens (including phenoxy) is 1. The van der Waals surface area contributed by atoms with E-state index < -0.39 is 18.0 Å². The summed E-state index contributed by atoms with van der Waals surface area (Å²) >= 11 is 0. The van der Waals surface area contributed by atoms with Crippen LogP contribution in [0, 0.1) is 29.6 Å². The Morgan fingerprint density at radius 3 is 2.38 bits per heavy atom. The summed E-state index contributed by atoms with van der Waals surface area (Å²) in [6.45, 7) is 0.0674. The molecule has 0 aliphatic heterocycles. The number of hydrogen-bond acceptors (Lipinski definition) is 5. The van der Waals surface area contributed by atoms with Crippen LogP contribution >= 0.6 is 0 Å². The summed E-state index contributed by atoms with van der Waals surface area (Å²) in [5.41, 5.74) is 0.901. The molecule has 3 fully saturated rings. The number of carbonyl (C=O) groups is 3. The molecule has 5 heteroatoms. The molecule has 0 amide bonds. The summed E-state index contributed by atoms with van der Waals surface area (Å²) in [6.07, 6.45) is 6.87. The number of ketones is 2. The van der Waals surface area contributed by atoms with Crippen molar-refractivity contribution in [1.82, 2.24) is 0 Å². The molecule has 0 aromatic heterocycles. The smallest absolute Gasteiger partial charge is 0.330 e. The highest BCUT2D eigenvalue weighted by molar-refractivity contribution is 6.00. The van der Waals surface area contributed by atoms with E-state index in [0.29, 0.717) is 12.8 Å². The zero-order chi connectivity index (χ0) is 20.4. The van der Waals surface area contributed by atoms with Gasteiger partial charge in [-0.3, -0.25) is 9.59 Å². The number of fused-ring (bicyclic) bond motifs is 2. The first-order valence-corrected chi connectivity index (χ1v) is 10.7. The Balaban J connectivity index is 1.37. The molecule has 154 valence electrons. The number of aliphatic hydroxyl groups is 1. The highest BCUT2D eigenvalue weighted by Gasteiger charge is 2.55. The van der Waals surface area contributed by atoms with Crippen molar-refractivity contribution in [3.63, 3.8) is 0 Å². The molecule has 0 spiro atoms. The van der Waals surface area contributed by atoms with Gasteiger partial charge in [-0.2, -0.15) is 0 Å². The number of esters is 1. The van der Waals surface area contributed by atoms with Gasteiger partial charge in [0.2, 0.25) is 0 Å². The third kappa shape index (κ3) is 4.06. The number of rotatable bonds is 4. The van der Waals surface area contributed by atoms with Gasteiger partial charge in [0, 0.05) is 29.7 Å². The first kappa shape index (κ1) is 20.0. The maximum atomic E-state index is 13.1. The quantitative estimate of drug-likeness (QED) is 0.624. The van der Waals surface area contributed by atoms with Crippen LogP contribution in [0.25, 0.3) is 6.08 Å². The average Bonchev–Trinajstić information content (AvgIpc) is 2.76. The molecule has 1 aromatic rings. The summed E-state index contributed by atoms with van der Waals surface area (Å²) in [7, 11) is 0. The summed E-state index contributed by atoms with van der Waals surface area (Å²) in [6, 6.07) is 9.45. The third-order valence-electron chi connectivity index (χ3n) is 6.97. The topological polar surface area (TPSA) is 80.7 Å². The first-order valence-electron chi connectivity index (χ1n) is 10.7. The van der Waals surface area contributed by atoms with E-state index >= 15 is 0 Å². The largest absolute Gasteiger partial charge is 0.462 e. The molecule has 3 saturated carbocycles. The van der Waals surface area contributed by atoms with E-state index in [4.69, 9.17) is 4.74 Å². The van der Waals surface area contributed by atoms with Crippen molar-refractivity contribution in [2.45, 2.75) is 44.6 Å². The van der Waals surface area contributed by atoms with E-state index in [1.807, 2.05) is 30.3 Å². The summed E-state index contributed by atoms with van der Waals surface area (Å²) in [4.78, 5) is 38.0. The highest BCUT2D eigenvalue weighted by Crippen LogP contribution is 2.47. The highest BCUT2D eigenvalue weighted by atomic mass is 16.5. The minimum Gasteiger partial charge on any atom is -0.462 e. The second kappa shape index (κ2) is 8.62. The maximum Gasteiger partial charge on any atom is 0.330 e. The Morgan fingerprint density at radius 1 is 0.966 bits per heavy atom. The molecule has 1 N–H and O–H groups in total. The van der Waals surface area contributed by atoms with Crippen LogP contribution < -0.4 is 0 Å². The average molecular weight is 396 g/mol. The fourth-order valence-corrected chi connectivity index (χ4v) is 5.44. The van der Waals surface area contributed by atoms with Crippen LogP contribution in [-0.4, -0.2) is 35.4 Å². The Kier molecular flexibility index (Phi) is 5.95. The van der Waals surface area contributed by atoms with Crippen molar-refractivity contribution in [1.29, 1.82) is 0 Å². The van der Waals surface area contributed by atoms with Crippen molar-refractivity contribution < 1.29 is 24.2 Å². The van der Waals surface area contributed by atoms with Gasteiger partial charge < -0.3 is 9.84 Å². The molecule has 29 heavy (non-hydrogen) atoms. The van der Waals surface area contributed by atoms with Gasteiger partial charge >= 0.3 is 5.97 Å². The van der Waals surface area contributed by atoms with Gasteiger partial charge in [-0.05, 0) is 37.3 Å². The van der Waals surface area contributed by atoms with Crippen molar-refractivity contribution in [3.05, 3.63) is 42.0 Å². The van der Waals surface area contributed by atoms with E-state index in [1.165, 1.54) is 6.08 Å². The molecule has 0 heterocycles. The molecule has 1 aromatic carbocycles. The van der Waals surface area contributed by atoms with Crippen molar-refractivity contribution in [3.8, 4) is 0 Å². The van der Waals surface area contributed by atoms with E-state index in [9.17, 15) is 19.5 Å². The van der Waals surface area contributed by atoms with Gasteiger partial charge in [0.15, 0.2) is 0 Å². The molecule has 6 unspecified atom stereocenters. The lowest BCUT2D eigenvalue weighted by molar-refractivity contribution is -0.162. The fraction of sp³-hybridized carbons (Fsp3) is 0.542. The summed E-state index contributed by atoms with van der Waals surface area (Å²) < 4.78 is 5.34. The van der Waals surface area contributed by atoms with Crippen LogP contribution in [0.1, 0.15) is 44.1 Å². The Hall–Kier alpha value is -2.27. The molecule has 3 aliphatic rings. The number of carbonyl (C=O) groups excluding carboxylic acids is 3. The fourth-order valence-electron chi connectivity index (χ4n) is 5.44. The van der Waals surface area contributed by atoms with Crippen LogP contribution in [0.15, 0.2) is 36.4 Å². The van der Waals surface area contributed by atoms with Gasteiger partial charge in [0.1, 0.15) is 11.6 Å². The molecule has 6 atom stereocenters. The molecule has 4 rings (SSSR count). The molecule has 5 nitrogen and oxygen atoms in total. The Labute approximate surface area is 171 Å². The van der Waals surface area contributed by atoms with E-state index in [2.05, 4.69) is 0 Å². The van der Waals surface area contributed by atoms with Gasteiger partial charge in [0.05, 0.1) is 18.6 Å². The number of benzene rings is 1. The lowest BCUT2D eigenvalue weighted by Crippen LogP contribution is -2.56. The normalized spacial score (nSPS) is 34.5. The predicted octanol–water partition coefficient (Wildman–Crippen LogP) is 3.20. The first-order chi connectivity index (χ1) is 14.1. The second-order valence-electron chi connectivity index (χ2n) is 8.64. The van der Waals surface area contributed by atoms with Crippen LogP contribution in [-0.2, 0) is 19.1 Å². The third-order valence-corrected chi connectivity index (χ3v) is 6.97. The predicted molar refractivity (Wildman–Crippen MR) is 108 cm³/mol. The minimum atomic E-state index is -0.918. The number of hydrogen-bond donors (Lipinski definition) is 1. The summed E-state index contributed by atoms with van der Waals surface area (Å²) in [5.74, 6) is -1.87. The molecular formula is C24H28O5. The van der Waals surface area contributed by atoms with Crippen molar-refractivity contribution >= 4 is 23.6 Å². The second-order valence-corrected chi connectivity index (χ2v) is 8.64. The Bertz CT molecular complexity index is 799. The molecule has 0 bridgehead atoms. The number of Topliss-reactive ketones (excluding diaryl/α,β-unsaturated/α-hetero) is 2. The zero-order valence-corrected chi connectivity index (χ0v) is 16.5. The Morgan fingerprint density at radius 2 is 1.66 bits per heavy atom. The maximum absolute atomic E-state index is 13.1. The monoisotopic (exact) mass is 396 g/mol. The molecular weight excluding hydrogens is 368 g/mol. The van der Waals surface area contributed by atoms with Crippen molar-refractivity contribution in [2.24, 2.45) is 29.6 Å². The van der Waals surface area contributed by atoms with Crippen LogP contribution in [0.5, 0.6) is 0 Å². The zero-order valence-electron chi connectivity index (χ0n) is 16.5. The van der Waals surface area contributed by atoms with Gasteiger partial charge in [-0.15, -0.1) is 0 Å². The van der Waals surface area contributed by atoms with Gasteiger partial charge in [0.25, 0.3) is 0 Å². The van der Waals surface area contributed by atoms with Gasteiger partial charge in [-0.25, -0.2) is 4.79 Å². The van der Waals surface area contributed by atoms with Crippen LogP contribution in [0.4, 0.5) is 0 Å². The molecule has 0 radical (unpaired) electrons. The summed E-state index contributed by atoms with van der Waals surface area (Å²) in [5, 5.41) is 10.9. The van der Waals surface area contributed by atoms with E-state index in [-0.39, 0.29) is 41.8 Å². The van der Waals surface area contributed by atoms with E-state index in [1.54, 1.807) is 6.08 Å². The van der Waals surface area contributed by atoms with E-state index in [0.717, 1.165) is 31.2 Å².